The molecule has 0 saturated carbocycles. The normalized spacial score (nSPS) is 41.6. The van der Waals surface area contributed by atoms with Gasteiger partial charge in [0.1, 0.15) is 50.9 Å². The number of aliphatic hydroxyl groups is 1. The van der Waals surface area contributed by atoms with Crippen LogP contribution in [0.1, 0.15) is 12.8 Å². The van der Waals surface area contributed by atoms with Gasteiger partial charge >= 0.3 is 7.75 Å². The number of ether oxygens (including phenoxy) is 2. The van der Waals surface area contributed by atoms with Crippen LogP contribution >= 0.6 is 30.8 Å². The average molecular weight is 443 g/mol. The quantitative estimate of drug-likeness (QED) is 0.271. The van der Waals surface area contributed by atoms with E-state index in [9.17, 15) is 9.46 Å². The molecule has 2 aliphatic heterocycles. The van der Waals surface area contributed by atoms with Gasteiger partial charge in [-0.05, 0) is 12.8 Å². The van der Waals surface area contributed by atoms with E-state index < -0.39 is 38.0 Å². The van der Waals surface area contributed by atoms with Crippen LogP contribution < -0.4 is 5.09 Å². The van der Waals surface area contributed by atoms with Gasteiger partial charge in [0.05, 0.1) is 19.3 Å². The van der Waals surface area contributed by atoms with Crippen LogP contribution in [0, 0.1) is 0 Å². The Bertz CT molecular complexity index is 423. The lowest BCUT2D eigenvalue weighted by Crippen LogP contribution is -2.37. The van der Waals surface area contributed by atoms with Gasteiger partial charge in [-0.15, -0.1) is 0 Å². The van der Waals surface area contributed by atoms with Crippen molar-refractivity contribution in [1.29, 1.82) is 0 Å². The summed E-state index contributed by atoms with van der Waals surface area (Å²) in [7, 11) is 7.14. The minimum Gasteiger partial charge on any atom is -0.394 e. The molecule has 0 aromatic heterocycles. The lowest BCUT2D eigenvalue weighted by atomic mass is 9.95. The molecule has 0 spiro atoms. The van der Waals surface area contributed by atoms with Gasteiger partial charge in [-0.2, -0.15) is 0 Å². The fourth-order valence-corrected chi connectivity index (χ4v) is 4.14. The Hall–Kier alpha value is 0.810. The zero-order valence-electron chi connectivity index (χ0n) is 11.7. The molecule has 0 aromatic rings. The van der Waals surface area contributed by atoms with Crippen molar-refractivity contribution in [2.45, 2.75) is 49.2 Å². The first kappa shape index (κ1) is 19.1. The van der Waals surface area contributed by atoms with Crippen LogP contribution in [-0.2, 0) is 21.6 Å². The summed E-state index contributed by atoms with van der Waals surface area (Å²) in [6.45, 7) is -0.456. The lowest BCUT2D eigenvalue weighted by molar-refractivity contribution is 0.0154. The number of hydrogen-bond donors (Lipinski definition) is 3. The van der Waals surface area contributed by atoms with Gasteiger partial charge in [0.25, 0.3) is 0 Å². The van der Waals surface area contributed by atoms with E-state index in [-0.39, 0.29) is 19.3 Å². The largest absolute Gasteiger partial charge is 0.403 e. The molecule has 0 aromatic carbocycles. The molecule has 3 unspecified atom stereocenters. The molecule has 0 amide bonds. The number of aliphatic hydroxyl groups excluding tert-OH is 1. The van der Waals surface area contributed by atoms with Gasteiger partial charge in [-0.25, -0.2) is 9.65 Å². The Morgan fingerprint density at radius 1 is 1.27 bits per heavy atom. The monoisotopic (exact) mass is 443 g/mol. The van der Waals surface area contributed by atoms with E-state index >= 15 is 0 Å². The zero-order valence-corrected chi connectivity index (χ0v) is 14.8. The van der Waals surface area contributed by atoms with E-state index in [1.165, 1.54) is 0 Å². The van der Waals surface area contributed by atoms with Crippen molar-refractivity contribution in [2.75, 3.05) is 13.2 Å². The van der Waals surface area contributed by atoms with Crippen molar-refractivity contribution in [1.82, 2.24) is 5.09 Å². The Morgan fingerprint density at radius 2 is 1.91 bits per heavy atom. The van der Waals surface area contributed by atoms with Crippen LogP contribution in [0.4, 0.5) is 0 Å². The first-order valence-corrected chi connectivity index (χ1v) is 9.26. The summed E-state index contributed by atoms with van der Waals surface area (Å²) in [6.07, 6.45) is -0.698. The van der Waals surface area contributed by atoms with Crippen molar-refractivity contribution < 1.29 is 31.6 Å². The molecule has 122 valence electrons. The summed E-state index contributed by atoms with van der Waals surface area (Å²) in [6, 6.07) is -1.65. The maximum Gasteiger partial charge on any atom is 0.403 e. The van der Waals surface area contributed by atoms with Gasteiger partial charge < -0.3 is 22.5 Å². The van der Waals surface area contributed by atoms with E-state index in [0.717, 1.165) is 0 Å². The van der Waals surface area contributed by atoms with Crippen molar-refractivity contribution in [3.63, 3.8) is 0 Å². The van der Waals surface area contributed by atoms with Crippen molar-refractivity contribution in [2.24, 2.45) is 0 Å². The van der Waals surface area contributed by atoms with Crippen molar-refractivity contribution in [3.05, 3.63) is 0 Å². The Balaban J connectivity index is 1.84. The Morgan fingerprint density at radius 3 is 2.55 bits per heavy atom. The first-order chi connectivity index (χ1) is 10.3. The first-order valence-electron chi connectivity index (χ1n) is 6.80. The zero-order chi connectivity index (χ0) is 16.3. The molecular weight excluding hydrogens is 426 g/mol. The third-order valence-corrected chi connectivity index (χ3v) is 5.36. The highest BCUT2D eigenvalue weighted by Gasteiger charge is 2.39. The number of hydrogen-bond acceptors (Lipinski definition) is 6. The van der Waals surface area contributed by atoms with E-state index in [0.29, 0.717) is 12.8 Å². The molecule has 4 radical (unpaired) electrons. The second-order valence-corrected chi connectivity index (χ2v) is 7.33. The molecule has 3 N–H and O–H groups in total. The maximum absolute atomic E-state index is 12.1. The van der Waals surface area contributed by atoms with Gasteiger partial charge in [0, 0.05) is 18.0 Å². The second kappa shape index (κ2) is 8.26. The lowest BCUT2D eigenvalue weighted by Gasteiger charge is -2.23. The highest BCUT2D eigenvalue weighted by Crippen LogP contribution is 2.41. The van der Waals surface area contributed by atoms with Crippen LogP contribution in [0.3, 0.4) is 0 Å². The molecule has 2 heterocycles. The Labute approximate surface area is 145 Å². The number of halogens is 1. The number of rotatable bonds is 7. The highest BCUT2D eigenvalue weighted by molar-refractivity contribution is 14.1. The van der Waals surface area contributed by atoms with E-state index in [4.69, 9.17) is 37.9 Å². The molecule has 2 rings (SSSR count). The van der Waals surface area contributed by atoms with Gasteiger partial charge in [-0.1, -0.05) is 0 Å². The third kappa shape index (κ3) is 5.15. The van der Waals surface area contributed by atoms with E-state index in [1.54, 1.807) is 23.0 Å². The molecule has 7 atom stereocenters. The molecule has 12 heteroatoms. The number of nitrogens with one attached hydrogen (secondary N) is 1. The van der Waals surface area contributed by atoms with Gasteiger partial charge in [0.2, 0.25) is 0 Å². The molecule has 2 saturated heterocycles. The molecule has 0 aliphatic carbocycles. The molecule has 0 bridgehead atoms. The summed E-state index contributed by atoms with van der Waals surface area (Å²) in [5.74, 6) is 0. The van der Waals surface area contributed by atoms with Crippen LogP contribution in [0.5, 0.6) is 0 Å². The van der Waals surface area contributed by atoms with Crippen molar-refractivity contribution in [3.8, 4) is 0 Å². The fourth-order valence-electron chi connectivity index (χ4n) is 2.49. The molecule has 2 aliphatic rings. The molecule has 8 nitrogen and oxygen atoms in total. The smallest absolute Gasteiger partial charge is 0.394 e. The predicted octanol–water partition coefficient (Wildman–Crippen LogP) is -0.644. The summed E-state index contributed by atoms with van der Waals surface area (Å²) >= 11 is 1.73. The fraction of sp³-hybridized carbons (Fsp3) is 1.00. The summed E-state index contributed by atoms with van der Waals surface area (Å²) in [5.41, 5.74) is 0. The molecular formula is C10H17B2INO7P. The minimum absolute atomic E-state index is 0.147. The van der Waals surface area contributed by atoms with Crippen LogP contribution in [0.25, 0.3) is 0 Å². The third-order valence-electron chi connectivity index (χ3n) is 3.55. The summed E-state index contributed by atoms with van der Waals surface area (Å²) in [4.78, 5) is 9.87. The molecule has 2 fully saturated rings. The maximum atomic E-state index is 12.1. The predicted molar refractivity (Wildman–Crippen MR) is 86.7 cm³/mol. The minimum atomic E-state index is -4.10. The van der Waals surface area contributed by atoms with Gasteiger partial charge in [0.15, 0.2) is 0 Å². The van der Waals surface area contributed by atoms with Crippen LogP contribution in [-0.4, -0.2) is 75.3 Å². The van der Waals surface area contributed by atoms with Gasteiger partial charge in [-0.3, -0.25) is 4.52 Å². The van der Waals surface area contributed by atoms with Crippen molar-refractivity contribution >= 4 is 46.4 Å². The summed E-state index contributed by atoms with van der Waals surface area (Å²) in [5, 5.41) is 11.6. The highest BCUT2D eigenvalue weighted by atomic mass is 127. The van der Waals surface area contributed by atoms with Crippen LogP contribution in [0.2, 0.25) is 0 Å². The average Bonchev–Trinajstić information content (AvgIpc) is 2.98. The molecule has 22 heavy (non-hydrogen) atoms. The van der Waals surface area contributed by atoms with Crippen LogP contribution in [0.15, 0.2) is 0 Å². The SMILES string of the molecule is [B][C@H]1CC(NP(=O)(O)OC[C@H]2O[C@@H]([B])CC2OI)[C@@H](CO)O1. The Kier molecular flexibility index (Phi) is 7.19. The standard InChI is InChI=1S/C10H17B2INO7P/c11-9-1-5(7(3-15)19-9)14-22(16,17)18-4-8-6(21-13)2-10(12)20-8/h5-10,15H,1-4H2,(H2,14,16,17)/t5?,6?,7-,8-,9-,10-/m1/s1. The second-order valence-electron chi connectivity index (χ2n) is 5.26. The summed E-state index contributed by atoms with van der Waals surface area (Å²) < 4.78 is 32.9. The van der Waals surface area contributed by atoms with E-state index in [1.807, 2.05) is 0 Å². The van der Waals surface area contributed by atoms with E-state index in [2.05, 4.69) is 5.09 Å². The topological polar surface area (TPSA) is 106 Å².